The molecule has 1 amide bonds. The molecule has 1 atom stereocenters. The van der Waals surface area contributed by atoms with E-state index in [0.717, 1.165) is 0 Å². The highest BCUT2D eigenvalue weighted by Gasteiger charge is 2.26. The maximum absolute atomic E-state index is 13.6. The molecule has 1 aliphatic heterocycles. The molecule has 0 spiro atoms. The summed E-state index contributed by atoms with van der Waals surface area (Å²) < 4.78 is 19.3. The van der Waals surface area contributed by atoms with E-state index in [1.54, 1.807) is 41.7 Å². The van der Waals surface area contributed by atoms with Crippen molar-refractivity contribution in [1.29, 1.82) is 0 Å². The first-order chi connectivity index (χ1) is 10.7. The number of benzene rings is 1. The molecule has 3 rings (SSSR count). The molecule has 0 N–H and O–H groups in total. The molecule has 0 radical (unpaired) electrons. The van der Waals surface area contributed by atoms with Crippen LogP contribution in [0.1, 0.15) is 17.4 Å². The molecular weight excluding hydrogens is 285 g/mol. The van der Waals surface area contributed by atoms with Gasteiger partial charge in [0.15, 0.2) is 0 Å². The van der Waals surface area contributed by atoms with Gasteiger partial charge in [0.1, 0.15) is 11.9 Å². The van der Waals surface area contributed by atoms with E-state index in [9.17, 15) is 9.18 Å². The zero-order chi connectivity index (χ0) is 15.4. The molecular formula is C16H16FN3O2. The smallest absolute Gasteiger partial charge is 0.227 e. The van der Waals surface area contributed by atoms with E-state index in [-0.39, 0.29) is 24.2 Å². The standard InChI is InChI=1S/C16H16FN3O2/c17-13-4-2-1-3-12(13)9-16(21)20-7-8-22-15(11-20)14-10-18-5-6-19-14/h1-6,10,15H,7-9,11H2. The van der Waals surface area contributed by atoms with Crippen LogP contribution in [0.2, 0.25) is 0 Å². The Morgan fingerprint density at radius 3 is 3.00 bits per heavy atom. The van der Waals surface area contributed by atoms with Crippen LogP contribution < -0.4 is 0 Å². The Bertz CT molecular complexity index is 651. The molecule has 0 bridgehead atoms. The molecule has 6 heteroatoms. The van der Waals surface area contributed by atoms with E-state index in [0.29, 0.717) is 31.0 Å². The van der Waals surface area contributed by atoms with Gasteiger partial charge < -0.3 is 9.64 Å². The van der Waals surface area contributed by atoms with Crippen molar-refractivity contribution in [2.75, 3.05) is 19.7 Å². The maximum Gasteiger partial charge on any atom is 0.227 e. The maximum atomic E-state index is 13.6. The van der Waals surface area contributed by atoms with Crippen LogP contribution in [-0.4, -0.2) is 40.5 Å². The fourth-order valence-electron chi connectivity index (χ4n) is 2.45. The third-order valence-electron chi connectivity index (χ3n) is 3.63. The number of nitrogens with zero attached hydrogens (tertiary/aromatic N) is 3. The van der Waals surface area contributed by atoms with E-state index >= 15 is 0 Å². The number of hydrogen-bond donors (Lipinski definition) is 0. The van der Waals surface area contributed by atoms with Crippen molar-refractivity contribution in [3.05, 3.63) is 59.9 Å². The number of ether oxygens (including phenoxy) is 1. The van der Waals surface area contributed by atoms with Crippen LogP contribution >= 0.6 is 0 Å². The minimum absolute atomic E-state index is 0.0554. The van der Waals surface area contributed by atoms with E-state index in [4.69, 9.17) is 4.74 Å². The number of amides is 1. The molecule has 114 valence electrons. The van der Waals surface area contributed by atoms with Gasteiger partial charge >= 0.3 is 0 Å². The van der Waals surface area contributed by atoms with Crippen LogP contribution in [0, 0.1) is 5.82 Å². The van der Waals surface area contributed by atoms with Crippen LogP contribution in [0.3, 0.4) is 0 Å². The van der Waals surface area contributed by atoms with Crippen LogP contribution in [0.4, 0.5) is 4.39 Å². The number of hydrogen-bond acceptors (Lipinski definition) is 4. The van der Waals surface area contributed by atoms with Gasteiger partial charge in [0.25, 0.3) is 0 Å². The average Bonchev–Trinajstić information content (AvgIpc) is 2.58. The molecule has 22 heavy (non-hydrogen) atoms. The summed E-state index contributed by atoms with van der Waals surface area (Å²) in [5, 5.41) is 0. The Hall–Kier alpha value is -2.34. The third kappa shape index (κ3) is 3.28. The Morgan fingerprint density at radius 2 is 2.23 bits per heavy atom. The molecule has 1 aliphatic rings. The van der Waals surface area contributed by atoms with Gasteiger partial charge in [-0.15, -0.1) is 0 Å². The second-order valence-electron chi connectivity index (χ2n) is 5.10. The lowest BCUT2D eigenvalue weighted by atomic mass is 10.1. The highest BCUT2D eigenvalue weighted by atomic mass is 19.1. The lowest BCUT2D eigenvalue weighted by molar-refractivity contribution is -0.138. The molecule has 2 aromatic rings. The molecule has 0 aliphatic carbocycles. The van der Waals surface area contributed by atoms with Gasteiger partial charge in [-0.05, 0) is 11.6 Å². The first-order valence-electron chi connectivity index (χ1n) is 7.13. The van der Waals surface area contributed by atoms with Crippen molar-refractivity contribution in [1.82, 2.24) is 14.9 Å². The van der Waals surface area contributed by atoms with E-state index in [2.05, 4.69) is 9.97 Å². The topological polar surface area (TPSA) is 55.3 Å². The molecule has 1 fully saturated rings. The second-order valence-corrected chi connectivity index (χ2v) is 5.10. The van der Waals surface area contributed by atoms with Gasteiger partial charge in [-0.2, -0.15) is 0 Å². The summed E-state index contributed by atoms with van der Waals surface area (Å²) in [6, 6.07) is 6.34. The van der Waals surface area contributed by atoms with E-state index < -0.39 is 0 Å². The number of rotatable bonds is 3. The average molecular weight is 301 g/mol. The highest BCUT2D eigenvalue weighted by molar-refractivity contribution is 5.79. The minimum atomic E-state index is -0.352. The largest absolute Gasteiger partial charge is 0.368 e. The van der Waals surface area contributed by atoms with E-state index in [1.807, 2.05) is 0 Å². The first-order valence-corrected chi connectivity index (χ1v) is 7.13. The summed E-state index contributed by atoms with van der Waals surface area (Å²) >= 11 is 0. The monoisotopic (exact) mass is 301 g/mol. The quantitative estimate of drug-likeness (QED) is 0.867. The fraction of sp³-hybridized carbons (Fsp3) is 0.312. The van der Waals surface area contributed by atoms with Gasteiger partial charge in [0, 0.05) is 18.9 Å². The van der Waals surface area contributed by atoms with Crippen molar-refractivity contribution in [2.24, 2.45) is 0 Å². The summed E-state index contributed by atoms with van der Waals surface area (Å²) in [6.45, 7) is 1.35. The summed E-state index contributed by atoms with van der Waals surface area (Å²) in [7, 11) is 0. The number of morpholine rings is 1. The zero-order valence-corrected chi connectivity index (χ0v) is 12.0. The normalized spacial score (nSPS) is 18.2. The fourth-order valence-corrected chi connectivity index (χ4v) is 2.45. The summed E-state index contributed by atoms with van der Waals surface area (Å²) in [5.74, 6) is -0.461. The van der Waals surface area contributed by atoms with Crippen LogP contribution in [-0.2, 0) is 16.0 Å². The van der Waals surface area contributed by atoms with Crippen LogP contribution in [0.15, 0.2) is 42.9 Å². The predicted octanol–water partition coefficient (Wildman–Crippen LogP) is 1.76. The summed E-state index contributed by atoms with van der Waals surface area (Å²) in [5.41, 5.74) is 1.11. The van der Waals surface area contributed by atoms with Crippen molar-refractivity contribution in [3.63, 3.8) is 0 Å². The third-order valence-corrected chi connectivity index (χ3v) is 3.63. The van der Waals surface area contributed by atoms with Crippen molar-refractivity contribution < 1.29 is 13.9 Å². The number of halogens is 1. The van der Waals surface area contributed by atoms with Crippen molar-refractivity contribution >= 4 is 5.91 Å². The number of aromatic nitrogens is 2. The van der Waals surface area contributed by atoms with E-state index in [1.165, 1.54) is 6.07 Å². The van der Waals surface area contributed by atoms with Crippen molar-refractivity contribution in [3.8, 4) is 0 Å². The van der Waals surface area contributed by atoms with Gasteiger partial charge in [-0.3, -0.25) is 14.8 Å². The summed E-state index contributed by atoms with van der Waals surface area (Å²) in [4.78, 5) is 22.3. The Kier molecular flexibility index (Phi) is 4.39. The molecule has 5 nitrogen and oxygen atoms in total. The minimum Gasteiger partial charge on any atom is -0.368 e. The second kappa shape index (κ2) is 6.62. The Balaban J connectivity index is 1.67. The SMILES string of the molecule is O=C(Cc1ccccc1F)N1CCOC(c2cnccn2)C1. The van der Waals surface area contributed by atoms with Gasteiger partial charge in [0.2, 0.25) is 5.91 Å². The Morgan fingerprint density at radius 1 is 1.36 bits per heavy atom. The highest BCUT2D eigenvalue weighted by Crippen LogP contribution is 2.20. The number of carbonyl (C=O) groups excluding carboxylic acids is 1. The molecule has 0 saturated carbocycles. The molecule has 1 aromatic carbocycles. The van der Waals surface area contributed by atoms with Gasteiger partial charge in [0.05, 0.1) is 31.5 Å². The summed E-state index contributed by atoms with van der Waals surface area (Å²) in [6.07, 6.45) is 4.59. The van der Waals surface area contributed by atoms with Gasteiger partial charge in [-0.25, -0.2) is 4.39 Å². The molecule has 1 unspecified atom stereocenters. The zero-order valence-electron chi connectivity index (χ0n) is 12.0. The van der Waals surface area contributed by atoms with Gasteiger partial charge in [-0.1, -0.05) is 18.2 Å². The van der Waals surface area contributed by atoms with Crippen molar-refractivity contribution in [2.45, 2.75) is 12.5 Å². The molecule has 2 heterocycles. The molecule has 1 saturated heterocycles. The first kappa shape index (κ1) is 14.6. The lowest BCUT2D eigenvalue weighted by Crippen LogP contribution is -2.43. The Labute approximate surface area is 127 Å². The predicted molar refractivity (Wildman–Crippen MR) is 77.4 cm³/mol. The number of carbonyl (C=O) groups is 1. The van der Waals surface area contributed by atoms with Crippen LogP contribution in [0.25, 0.3) is 0 Å². The van der Waals surface area contributed by atoms with Crippen LogP contribution in [0.5, 0.6) is 0 Å². The molecule has 1 aromatic heterocycles. The lowest BCUT2D eigenvalue weighted by Gasteiger charge is -2.32.